The summed E-state index contributed by atoms with van der Waals surface area (Å²) in [6, 6.07) is 7.84. The fraction of sp³-hybridized carbons (Fsp3) is 0.333. The molecule has 1 aromatic rings. The van der Waals surface area contributed by atoms with Crippen LogP contribution in [0.2, 0.25) is 0 Å². The summed E-state index contributed by atoms with van der Waals surface area (Å²) in [7, 11) is 3.22. The fourth-order valence-corrected chi connectivity index (χ4v) is 1.36. The number of nitrogens with one attached hydrogen (secondary N) is 1. The first-order valence-electron chi connectivity index (χ1n) is 5.58. The first-order valence-corrected chi connectivity index (χ1v) is 5.58. The van der Waals surface area contributed by atoms with Gasteiger partial charge in [-0.25, -0.2) is 0 Å². The summed E-state index contributed by atoms with van der Waals surface area (Å²) in [5, 5.41) is 2.67. The third-order valence-electron chi connectivity index (χ3n) is 2.31. The molecule has 0 amide bonds. The van der Waals surface area contributed by atoms with Gasteiger partial charge >= 0.3 is 0 Å². The Bertz CT molecular complexity index is 442. The molecule has 6 heteroatoms. The number of nitrogens with zero attached hydrogens (tertiary/aromatic N) is 2. The maximum Gasteiger partial charge on any atom is 0.195 e. The van der Waals surface area contributed by atoms with Gasteiger partial charge in [0.25, 0.3) is 0 Å². The molecule has 98 valence electrons. The second-order valence-electron chi connectivity index (χ2n) is 3.60. The summed E-state index contributed by atoms with van der Waals surface area (Å²) in [6.07, 6.45) is 0.781. The van der Waals surface area contributed by atoms with Crippen molar-refractivity contribution in [3.05, 3.63) is 29.8 Å². The van der Waals surface area contributed by atoms with Crippen LogP contribution in [-0.2, 0) is 6.42 Å². The van der Waals surface area contributed by atoms with Gasteiger partial charge in [0.1, 0.15) is 5.75 Å². The van der Waals surface area contributed by atoms with E-state index in [9.17, 15) is 0 Å². The van der Waals surface area contributed by atoms with Gasteiger partial charge in [-0.1, -0.05) is 12.1 Å². The summed E-state index contributed by atoms with van der Waals surface area (Å²) in [4.78, 5) is 7.87. The molecule has 0 aliphatic rings. The topological polar surface area (TPSA) is 98.0 Å². The molecule has 0 aromatic heterocycles. The summed E-state index contributed by atoms with van der Waals surface area (Å²) >= 11 is 0. The van der Waals surface area contributed by atoms with Crippen molar-refractivity contribution in [2.45, 2.75) is 6.42 Å². The van der Waals surface area contributed by atoms with E-state index in [2.05, 4.69) is 15.3 Å². The summed E-state index contributed by atoms with van der Waals surface area (Å²) < 4.78 is 5.14. The van der Waals surface area contributed by atoms with Crippen molar-refractivity contribution in [1.82, 2.24) is 5.32 Å². The van der Waals surface area contributed by atoms with Crippen molar-refractivity contribution in [3.8, 4) is 5.75 Å². The predicted molar refractivity (Wildman–Crippen MR) is 73.9 cm³/mol. The number of hydrogen-bond acceptors (Lipinski definition) is 3. The van der Waals surface area contributed by atoms with Gasteiger partial charge in [-0.05, 0) is 24.1 Å². The van der Waals surface area contributed by atoms with Crippen LogP contribution in [-0.4, -0.2) is 32.6 Å². The van der Waals surface area contributed by atoms with Gasteiger partial charge in [0.05, 0.1) is 7.11 Å². The van der Waals surface area contributed by atoms with Crippen LogP contribution in [0.25, 0.3) is 0 Å². The number of nitrogens with two attached hydrogens (primary N) is 2. The Morgan fingerprint density at radius 1 is 1.33 bits per heavy atom. The van der Waals surface area contributed by atoms with Gasteiger partial charge in [0.2, 0.25) is 0 Å². The first kappa shape index (κ1) is 13.8. The molecule has 0 aliphatic heterocycles. The number of methoxy groups -OCH3 is 1. The molecule has 0 spiro atoms. The maximum absolute atomic E-state index is 5.62. The van der Waals surface area contributed by atoms with Crippen LogP contribution >= 0.6 is 0 Å². The summed E-state index contributed by atoms with van der Waals surface area (Å²) in [5.74, 6) is 1.35. The quantitative estimate of drug-likeness (QED) is 0.520. The molecular weight excluding hydrogens is 230 g/mol. The average molecular weight is 249 g/mol. The SMILES string of the molecule is CN=C(N)NC(N)=NCCc1cccc(OC)c1. The minimum atomic E-state index is 0.248. The lowest BCUT2D eigenvalue weighted by Crippen LogP contribution is -2.41. The Kier molecular flexibility index (Phi) is 5.50. The van der Waals surface area contributed by atoms with Crippen molar-refractivity contribution in [3.63, 3.8) is 0 Å². The summed E-state index contributed by atoms with van der Waals surface area (Å²) in [5.41, 5.74) is 12.2. The predicted octanol–water partition coefficient (Wildman–Crippen LogP) is 0.0865. The Labute approximate surface area is 107 Å². The third kappa shape index (κ3) is 4.73. The zero-order chi connectivity index (χ0) is 13.4. The van der Waals surface area contributed by atoms with E-state index in [0.717, 1.165) is 17.7 Å². The van der Waals surface area contributed by atoms with E-state index >= 15 is 0 Å². The van der Waals surface area contributed by atoms with Crippen LogP contribution in [0.15, 0.2) is 34.3 Å². The van der Waals surface area contributed by atoms with E-state index in [1.165, 1.54) is 0 Å². The molecule has 18 heavy (non-hydrogen) atoms. The monoisotopic (exact) mass is 249 g/mol. The lowest BCUT2D eigenvalue weighted by molar-refractivity contribution is 0.414. The van der Waals surface area contributed by atoms with Crippen molar-refractivity contribution >= 4 is 11.9 Å². The van der Waals surface area contributed by atoms with E-state index in [4.69, 9.17) is 16.2 Å². The number of benzene rings is 1. The molecule has 0 saturated heterocycles. The highest BCUT2D eigenvalue weighted by atomic mass is 16.5. The second kappa shape index (κ2) is 7.16. The van der Waals surface area contributed by atoms with Crippen molar-refractivity contribution < 1.29 is 4.74 Å². The van der Waals surface area contributed by atoms with E-state index in [1.807, 2.05) is 24.3 Å². The molecular formula is C12H19N5O. The van der Waals surface area contributed by atoms with Crippen LogP contribution < -0.4 is 21.5 Å². The standard InChI is InChI=1S/C12H19N5O/c1-15-11(13)17-12(14)16-7-6-9-4-3-5-10(8-9)18-2/h3-5,8H,6-7H2,1-2H3,(H5,13,14,15,16,17). The Morgan fingerprint density at radius 3 is 2.78 bits per heavy atom. The number of ether oxygens (including phenoxy) is 1. The zero-order valence-electron chi connectivity index (χ0n) is 10.7. The molecule has 0 unspecified atom stereocenters. The van der Waals surface area contributed by atoms with Crippen molar-refractivity contribution in [1.29, 1.82) is 0 Å². The lowest BCUT2D eigenvalue weighted by Gasteiger charge is -2.05. The smallest absolute Gasteiger partial charge is 0.195 e. The fourth-order valence-electron chi connectivity index (χ4n) is 1.36. The number of hydrogen-bond donors (Lipinski definition) is 3. The average Bonchev–Trinajstić information content (AvgIpc) is 2.38. The molecule has 0 fully saturated rings. The molecule has 0 bridgehead atoms. The van der Waals surface area contributed by atoms with Crippen LogP contribution in [0.3, 0.4) is 0 Å². The highest BCUT2D eigenvalue weighted by Crippen LogP contribution is 2.12. The van der Waals surface area contributed by atoms with Crippen molar-refractivity contribution in [2.24, 2.45) is 21.5 Å². The molecule has 1 rings (SSSR count). The third-order valence-corrected chi connectivity index (χ3v) is 2.31. The van der Waals surface area contributed by atoms with Gasteiger partial charge in [0.15, 0.2) is 11.9 Å². The van der Waals surface area contributed by atoms with E-state index < -0.39 is 0 Å². The minimum Gasteiger partial charge on any atom is -0.497 e. The van der Waals surface area contributed by atoms with Gasteiger partial charge in [-0.15, -0.1) is 0 Å². The Morgan fingerprint density at radius 2 is 2.11 bits per heavy atom. The highest BCUT2D eigenvalue weighted by molar-refractivity contribution is 5.96. The molecule has 0 radical (unpaired) electrons. The lowest BCUT2D eigenvalue weighted by atomic mass is 10.1. The second-order valence-corrected chi connectivity index (χ2v) is 3.60. The Balaban J connectivity index is 2.47. The van der Waals surface area contributed by atoms with Gasteiger partial charge in [-0.2, -0.15) is 0 Å². The van der Waals surface area contributed by atoms with Crippen LogP contribution in [0.4, 0.5) is 0 Å². The van der Waals surface area contributed by atoms with Crippen molar-refractivity contribution in [2.75, 3.05) is 20.7 Å². The van der Waals surface area contributed by atoms with Gasteiger partial charge in [0, 0.05) is 13.6 Å². The zero-order valence-corrected chi connectivity index (χ0v) is 10.7. The maximum atomic E-state index is 5.62. The molecule has 0 heterocycles. The normalized spacial score (nSPS) is 12.3. The molecule has 0 aliphatic carbocycles. The largest absolute Gasteiger partial charge is 0.497 e. The van der Waals surface area contributed by atoms with Crippen LogP contribution in [0.5, 0.6) is 5.75 Å². The molecule has 6 nitrogen and oxygen atoms in total. The molecule has 0 saturated carbocycles. The molecule has 1 aromatic carbocycles. The number of rotatable bonds is 4. The Hall–Kier alpha value is -2.24. The van der Waals surface area contributed by atoms with Crippen LogP contribution in [0.1, 0.15) is 5.56 Å². The summed E-state index contributed by atoms with van der Waals surface area (Å²) in [6.45, 7) is 0.572. The van der Waals surface area contributed by atoms with E-state index in [0.29, 0.717) is 6.54 Å². The number of guanidine groups is 2. The molecule has 5 N–H and O–H groups in total. The van der Waals surface area contributed by atoms with Crippen LogP contribution in [0, 0.1) is 0 Å². The minimum absolute atomic E-state index is 0.248. The molecule has 0 atom stereocenters. The van der Waals surface area contributed by atoms with Gasteiger partial charge < -0.3 is 16.2 Å². The van der Waals surface area contributed by atoms with E-state index in [1.54, 1.807) is 14.2 Å². The highest BCUT2D eigenvalue weighted by Gasteiger charge is 1.97. The van der Waals surface area contributed by atoms with E-state index in [-0.39, 0.29) is 11.9 Å². The number of aliphatic imine (C=N–C) groups is 2. The van der Waals surface area contributed by atoms with Gasteiger partial charge in [-0.3, -0.25) is 15.3 Å². The first-order chi connectivity index (χ1) is 8.65.